The molecule has 1 N–H and O–H groups in total. The van der Waals surface area contributed by atoms with Crippen molar-refractivity contribution in [3.8, 4) is 0 Å². The first-order valence-corrected chi connectivity index (χ1v) is 8.43. The Morgan fingerprint density at radius 3 is 2.44 bits per heavy atom. The number of hydrogen-bond acceptors (Lipinski definition) is 1. The summed E-state index contributed by atoms with van der Waals surface area (Å²) in [5.74, 6) is 2.17. The van der Waals surface area contributed by atoms with Crippen molar-refractivity contribution in [3.05, 3.63) is 29.8 Å². The summed E-state index contributed by atoms with van der Waals surface area (Å²) in [4.78, 5) is 0. The molecule has 0 aromatic heterocycles. The SMILES string of the molecule is CCC(O)(c1ccc([SiH3])cc1)C1CC2CCC1C2. The lowest BCUT2D eigenvalue weighted by Gasteiger charge is -2.39. The van der Waals surface area contributed by atoms with Crippen LogP contribution in [0.15, 0.2) is 24.3 Å². The van der Waals surface area contributed by atoms with Gasteiger partial charge >= 0.3 is 0 Å². The van der Waals surface area contributed by atoms with E-state index in [-0.39, 0.29) is 0 Å². The first-order chi connectivity index (χ1) is 8.63. The standard InChI is InChI=1S/C16H24OSi/c1-2-16(17,13-5-7-14(18)8-6-13)15-10-11-3-4-12(15)9-11/h5-8,11-12,15,17H,2-4,9-10H2,1,18H3. The average molecular weight is 260 g/mol. The topological polar surface area (TPSA) is 20.2 Å². The van der Waals surface area contributed by atoms with E-state index in [2.05, 4.69) is 31.2 Å². The predicted molar refractivity (Wildman–Crippen MR) is 79.1 cm³/mol. The molecule has 98 valence electrons. The van der Waals surface area contributed by atoms with Crippen LogP contribution in [-0.2, 0) is 5.60 Å². The fourth-order valence-electron chi connectivity index (χ4n) is 4.35. The highest BCUT2D eigenvalue weighted by molar-refractivity contribution is 6.32. The van der Waals surface area contributed by atoms with Crippen LogP contribution in [0.4, 0.5) is 0 Å². The van der Waals surface area contributed by atoms with E-state index >= 15 is 0 Å². The molecule has 0 saturated heterocycles. The third kappa shape index (κ3) is 1.86. The zero-order chi connectivity index (χ0) is 12.8. The van der Waals surface area contributed by atoms with Crippen molar-refractivity contribution in [3.63, 3.8) is 0 Å². The molecule has 0 spiro atoms. The quantitative estimate of drug-likeness (QED) is 0.821. The summed E-state index contributed by atoms with van der Waals surface area (Å²) >= 11 is 0. The summed E-state index contributed by atoms with van der Waals surface area (Å²) in [7, 11) is 1.09. The second-order valence-corrected chi connectivity index (χ2v) is 7.58. The van der Waals surface area contributed by atoms with E-state index in [1.165, 1.54) is 30.9 Å². The molecule has 18 heavy (non-hydrogen) atoms. The number of benzene rings is 1. The molecule has 0 aliphatic heterocycles. The molecule has 2 aliphatic rings. The fraction of sp³-hybridized carbons (Fsp3) is 0.625. The Balaban J connectivity index is 1.92. The van der Waals surface area contributed by atoms with E-state index in [0.717, 1.165) is 34.1 Å². The number of fused-ring (bicyclic) bond motifs is 2. The Morgan fingerprint density at radius 2 is 1.94 bits per heavy atom. The van der Waals surface area contributed by atoms with Crippen molar-refractivity contribution >= 4 is 15.4 Å². The Labute approximate surface area is 113 Å². The van der Waals surface area contributed by atoms with Crippen LogP contribution < -0.4 is 5.19 Å². The predicted octanol–water partition coefficient (Wildman–Crippen LogP) is 1.71. The van der Waals surface area contributed by atoms with Gasteiger partial charge in [-0.1, -0.05) is 42.8 Å². The maximum atomic E-state index is 11.2. The van der Waals surface area contributed by atoms with Gasteiger partial charge in [0.25, 0.3) is 0 Å². The van der Waals surface area contributed by atoms with E-state index in [1.54, 1.807) is 0 Å². The molecule has 2 bridgehead atoms. The molecule has 0 radical (unpaired) electrons. The van der Waals surface area contributed by atoms with Crippen molar-refractivity contribution in [2.45, 2.75) is 44.6 Å². The molecule has 0 heterocycles. The molecule has 2 heteroatoms. The molecule has 2 fully saturated rings. The van der Waals surface area contributed by atoms with Gasteiger partial charge in [-0.2, -0.15) is 0 Å². The fourth-order valence-corrected chi connectivity index (χ4v) is 4.69. The highest BCUT2D eigenvalue weighted by Gasteiger charge is 2.49. The molecule has 2 saturated carbocycles. The van der Waals surface area contributed by atoms with Gasteiger partial charge in [-0.15, -0.1) is 0 Å². The molecule has 1 nitrogen and oxygen atoms in total. The summed E-state index contributed by atoms with van der Waals surface area (Å²) in [5, 5.41) is 12.6. The summed E-state index contributed by atoms with van der Waals surface area (Å²) in [6.07, 6.45) is 6.21. The molecule has 3 rings (SSSR count). The molecular formula is C16H24OSi. The zero-order valence-electron chi connectivity index (χ0n) is 11.5. The first-order valence-electron chi connectivity index (χ1n) is 7.43. The van der Waals surface area contributed by atoms with E-state index in [9.17, 15) is 5.11 Å². The molecule has 4 atom stereocenters. The third-order valence-corrected chi connectivity index (χ3v) is 6.11. The monoisotopic (exact) mass is 260 g/mol. The van der Waals surface area contributed by atoms with Gasteiger partial charge in [-0.05, 0) is 49.0 Å². The van der Waals surface area contributed by atoms with E-state index in [1.807, 2.05) is 0 Å². The molecule has 0 amide bonds. The van der Waals surface area contributed by atoms with Crippen LogP contribution in [0.5, 0.6) is 0 Å². The number of rotatable bonds is 3. The summed E-state index contributed by atoms with van der Waals surface area (Å²) in [6.45, 7) is 2.14. The smallest absolute Gasteiger partial charge is 0.0924 e. The normalized spacial score (nSPS) is 33.8. The Kier molecular flexibility index (Phi) is 3.11. The lowest BCUT2D eigenvalue weighted by molar-refractivity contribution is -0.0498. The van der Waals surface area contributed by atoms with Crippen LogP contribution in [-0.4, -0.2) is 15.3 Å². The van der Waals surface area contributed by atoms with Crippen LogP contribution in [0.3, 0.4) is 0 Å². The van der Waals surface area contributed by atoms with Crippen LogP contribution >= 0.6 is 0 Å². The van der Waals surface area contributed by atoms with Gasteiger partial charge in [0.05, 0.1) is 5.60 Å². The minimum atomic E-state index is -0.574. The Morgan fingerprint density at radius 1 is 1.22 bits per heavy atom. The van der Waals surface area contributed by atoms with Gasteiger partial charge in [0.2, 0.25) is 0 Å². The van der Waals surface area contributed by atoms with Crippen molar-refractivity contribution in [1.29, 1.82) is 0 Å². The lowest BCUT2D eigenvalue weighted by Crippen LogP contribution is -2.37. The van der Waals surface area contributed by atoms with Crippen LogP contribution in [0, 0.1) is 17.8 Å². The van der Waals surface area contributed by atoms with Crippen molar-refractivity contribution in [1.82, 2.24) is 0 Å². The average Bonchev–Trinajstić information content (AvgIpc) is 3.01. The van der Waals surface area contributed by atoms with E-state index in [0.29, 0.717) is 5.92 Å². The minimum absolute atomic E-state index is 0.501. The van der Waals surface area contributed by atoms with Gasteiger partial charge in [-0.3, -0.25) is 0 Å². The van der Waals surface area contributed by atoms with Crippen molar-refractivity contribution in [2.75, 3.05) is 0 Å². The van der Waals surface area contributed by atoms with Crippen LogP contribution in [0.2, 0.25) is 0 Å². The largest absolute Gasteiger partial charge is 0.385 e. The highest BCUT2D eigenvalue weighted by Crippen LogP contribution is 2.55. The molecular weight excluding hydrogens is 236 g/mol. The second-order valence-electron chi connectivity index (χ2n) is 6.43. The minimum Gasteiger partial charge on any atom is -0.385 e. The maximum absolute atomic E-state index is 11.2. The lowest BCUT2D eigenvalue weighted by atomic mass is 9.71. The van der Waals surface area contributed by atoms with Crippen molar-refractivity contribution < 1.29 is 5.11 Å². The number of hydrogen-bond donors (Lipinski definition) is 1. The van der Waals surface area contributed by atoms with Gasteiger partial charge < -0.3 is 5.11 Å². The third-order valence-electron chi connectivity index (χ3n) is 5.44. The van der Waals surface area contributed by atoms with Gasteiger partial charge in [0, 0.05) is 10.2 Å². The van der Waals surface area contributed by atoms with Crippen LogP contribution in [0.25, 0.3) is 0 Å². The maximum Gasteiger partial charge on any atom is 0.0924 e. The Bertz CT molecular complexity index is 427. The van der Waals surface area contributed by atoms with Gasteiger partial charge in [0.15, 0.2) is 0 Å². The van der Waals surface area contributed by atoms with E-state index in [4.69, 9.17) is 0 Å². The van der Waals surface area contributed by atoms with Gasteiger partial charge in [0.1, 0.15) is 0 Å². The van der Waals surface area contributed by atoms with E-state index < -0.39 is 5.60 Å². The first kappa shape index (κ1) is 12.4. The molecule has 4 unspecified atom stereocenters. The summed E-state index contributed by atoms with van der Waals surface area (Å²) in [5.41, 5.74) is 0.580. The van der Waals surface area contributed by atoms with Crippen LogP contribution in [0.1, 0.15) is 44.6 Å². The Hall–Kier alpha value is -0.603. The highest BCUT2D eigenvalue weighted by atomic mass is 28.1. The molecule has 1 aromatic rings. The molecule has 2 aliphatic carbocycles. The summed E-state index contributed by atoms with van der Waals surface area (Å²) < 4.78 is 0. The van der Waals surface area contributed by atoms with Gasteiger partial charge in [-0.25, -0.2) is 0 Å². The second kappa shape index (κ2) is 4.50. The number of aliphatic hydroxyl groups is 1. The zero-order valence-corrected chi connectivity index (χ0v) is 13.5. The van der Waals surface area contributed by atoms with Crippen molar-refractivity contribution in [2.24, 2.45) is 17.8 Å². The summed E-state index contributed by atoms with van der Waals surface area (Å²) in [6, 6.07) is 8.71. The molecule has 1 aromatic carbocycles.